The molecule has 9 rings (SSSR count). The molecule has 0 saturated heterocycles. The zero-order valence-electron chi connectivity index (χ0n) is 27.4. The van der Waals surface area contributed by atoms with Crippen LogP contribution in [0.15, 0.2) is 174 Å². The van der Waals surface area contributed by atoms with Crippen molar-refractivity contribution in [2.75, 3.05) is 0 Å². The van der Waals surface area contributed by atoms with Crippen LogP contribution in [0, 0.1) is 6.92 Å². The lowest BCUT2D eigenvalue weighted by atomic mass is 9.94. The lowest BCUT2D eigenvalue weighted by Crippen LogP contribution is -2.00. The van der Waals surface area contributed by atoms with Gasteiger partial charge in [-0.1, -0.05) is 164 Å². The van der Waals surface area contributed by atoms with Crippen LogP contribution in [0.3, 0.4) is 0 Å². The first-order chi connectivity index (χ1) is 24.7. The summed E-state index contributed by atoms with van der Waals surface area (Å²) in [7, 11) is 0. The molecular weight excluding hydrogens is 611 g/mol. The molecule has 0 aliphatic rings. The predicted octanol–water partition coefficient (Wildman–Crippen LogP) is 12.1. The van der Waals surface area contributed by atoms with E-state index in [0.717, 1.165) is 55.3 Å². The van der Waals surface area contributed by atoms with E-state index in [9.17, 15) is 0 Å². The van der Waals surface area contributed by atoms with Crippen molar-refractivity contribution in [3.05, 3.63) is 175 Å². The lowest BCUT2D eigenvalue weighted by molar-refractivity contribution is 0.670. The first-order valence-corrected chi connectivity index (χ1v) is 16.8. The summed E-state index contributed by atoms with van der Waals surface area (Å²) in [6.45, 7) is 2.17. The molecule has 7 aromatic carbocycles. The maximum absolute atomic E-state index is 6.67. The molecular formula is C46H31N3O. The van der Waals surface area contributed by atoms with E-state index in [1.54, 1.807) is 0 Å². The number of hydrogen-bond acceptors (Lipinski definition) is 4. The molecule has 0 atom stereocenters. The van der Waals surface area contributed by atoms with Gasteiger partial charge in [-0.25, -0.2) is 15.0 Å². The molecule has 0 amide bonds. The van der Waals surface area contributed by atoms with Gasteiger partial charge in [-0.2, -0.15) is 0 Å². The van der Waals surface area contributed by atoms with Gasteiger partial charge in [-0.05, 0) is 46.4 Å². The number of aromatic nitrogens is 3. The van der Waals surface area contributed by atoms with Crippen molar-refractivity contribution in [1.82, 2.24) is 15.0 Å². The Balaban J connectivity index is 1.19. The molecule has 0 spiro atoms. The van der Waals surface area contributed by atoms with Crippen LogP contribution in [0.5, 0.6) is 0 Å². The number of furan rings is 1. The number of aryl methyl sites for hydroxylation is 1. The summed E-state index contributed by atoms with van der Waals surface area (Å²) in [5, 5.41) is 2.01. The fraction of sp³-hybridized carbons (Fsp3) is 0.0217. The Morgan fingerprint density at radius 3 is 1.58 bits per heavy atom. The quantitative estimate of drug-likeness (QED) is 0.181. The zero-order chi connectivity index (χ0) is 33.4. The van der Waals surface area contributed by atoms with Gasteiger partial charge < -0.3 is 4.42 Å². The Labute approximate surface area is 290 Å². The fourth-order valence-electron chi connectivity index (χ4n) is 6.82. The summed E-state index contributed by atoms with van der Waals surface area (Å²) in [6, 6.07) is 58.5. The van der Waals surface area contributed by atoms with Crippen molar-refractivity contribution in [3.8, 4) is 67.5 Å². The summed E-state index contributed by atoms with van der Waals surface area (Å²) >= 11 is 0. The van der Waals surface area contributed by atoms with E-state index >= 15 is 0 Å². The van der Waals surface area contributed by atoms with E-state index in [-0.39, 0.29) is 0 Å². The van der Waals surface area contributed by atoms with Gasteiger partial charge in [0.2, 0.25) is 0 Å². The average Bonchev–Trinajstić information content (AvgIpc) is 3.58. The monoisotopic (exact) mass is 641 g/mol. The molecule has 2 heterocycles. The van der Waals surface area contributed by atoms with Crippen molar-refractivity contribution < 1.29 is 4.42 Å². The van der Waals surface area contributed by atoms with Crippen molar-refractivity contribution >= 4 is 21.9 Å². The first-order valence-electron chi connectivity index (χ1n) is 16.8. The van der Waals surface area contributed by atoms with Crippen molar-refractivity contribution in [2.24, 2.45) is 0 Å². The number of rotatable bonds is 6. The minimum atomic E-state index is 0.600. The number of para-hydroxylation sites is 1. The average molecular weight is 642 g/mol. The molecule has 0 fully saturated rings. The van der Waals surface area contributed by atoms with Crippen LogP contribution in [0.4, 0.5) is 0 Å². The topological polar surface area (TPSA) is 51.8 Å². The van der Waals surface area contributed by atoms with E-state index < -0.39 is 0 Å². The van der Waals surface area contributed by atoms with Crippen molar-refractivity contribution in [2.45, 2.75) is 6.92 Å². The molecule has 0 unspecified atom stereocenters. The van der Waals surface area contributed by atoms with Gasteiger partial charge in [0, 0.05) is 33.0 Å². The van der Waals surface area contributed by atoms with Gasteiger partial charge in [0.25, 0.3) is 0 Å². The molecule has 0 aliphatic heterocycles. The van der Waals surface area contributed by atoms with Crippen LogP contribution in [0.2, 0.25) is 0 Å². The third kappa shape index (κ3) is 5.33. The summed E-state index contributed by atoms with van der Waals surface area (Å²) in [5.41, 5.74) is 12.5. The Bertz CT molecular complexity index is 2630. The molecule has 0 bridgehead atoms. The molecule has 0 radical (unpaired) electrons. The smallest absolute Gasteiger partial charge is 0.164 e. The lowest BCUT2D eigenvalue weighted by Gasteiger charge is -2.10. The van der Waals surface area contributed by atoms with Crippen LogP contribution in [0.25, 0.3) is 89.5 Å². The molecule has 0 N–H and O–H groups in total. The highest BCUT2D eigenvalue weighted by Gasteiger charge is 2.20. The second-order valence-corrected chi connectivity index (χ2v) is 12.5. The number of nitrogens with zero attached hydrogens (tertiary/aromatic N) is 3. The highest BCUT2D eigenvalue weighted by Crippen LogP contribution is 2.41. The van der Waals surface area contributed by atoms with E-state index in [1.165, 1.54) is 22.3 Å². The van der Waals surface area contributed by atoms with Gasteiger partial charge in [-0.15, -0.1) is 0 Å². The molecule has 4 nitrogen and oxygen atoms in total. The Morgan fingerprint density at radius 2 is 0.900 bits per heavy atom. The summed E-state index contributed by atoms with van der Waals surface area (Å²) in [5.74, 6) is 1.84. The van der Waals surface area contributed by atoms with E-state index in [4.69, 9.17) is 19.4 Å². The SMILES string of the molecule is Cc1cc(-c2cccc3c2oc2cccc(-c4nc(-c5ccccc5)nc(-c5ccc(-c6ccccc6)cc5)n4)c23)ccc1-c1ccccc1. The van der Waals surface area contributed by atoms with E-state index in [2.05, 4.69) is 122 Å². The van der Waals surface area contributed by atoms with E-state index in [0.29, 0.717) is 17.5 Å². The standard InChI is InChI=1S/C46H31N3O/c1-30-29-36(27-28-37(30)33-15-7-3-8-16-33)38-19-11-20-39-42-40(21-12-22-41(42)50-43(38)39)46-48-44(34-17-9-4-10-18-34)47-45(49-46)35-25-23-32(24-26-35)31-13-5-2-6-14-31/h2-29H,1H3. The largest absolute Gasteiger partial charge is 0.455 e. The molecule has 0 aliphatic carbocycles. The van der Waals surface area contributed by atoms with Crippen LogP contribution in [-0.4, -0.2) is 15.0 Å². The van der Waals surface area contributed by atoms with Gasteiger partial charge in [-0.3, -0.25) is 0 Å². The number of fused-ring (bicyclic) bond motifs is 3. The third-order valence-corrected chi connectivity index (χ3v) is 9.30. The van der Waals surface area contributed by atoms with Gasteiger partial charge in [0.1, 0.15) is 11.2 Å². The maximum Gasteiger partial charge on any atom is 0.164 e. The fourth-order valence-corrected chi connectivity index (χ4v) is 6.82. The van der Waals surface area contributed by atoms with Gasteiger partial charge >= 0.3 is 0 Å². The summed E-state index contributed by atoms with van der Waals surface area (Å²) in [6.07, 6.45) is 0. The molecule has 236 valence electrons. The maximum atomic E-state index is 6.67. The van der Waals surface area contributed by atoms with Crippen LogP contribution < -0.4 is 0 Å². The molecule has 0 saturated carbocycles. The predicted molar refractivity (Wildman–Crippen MR) is 204 cm³/mol. The first kappa shape index (κ1) is 29.5. The zero-order valence-corrected chi connectivity index (χ0v) is 27.4. The van der Waals surface area contributed by atoms with Gasteiger partial charge in [0.05, 0.1) is 0 Å². The van der Waals surface area contributed by atoms with Crippen LogP contribution >= 0.6 is 0 Å². The Morgan fingerprint density at radius 1 is 0.380 bits per heavy atom. The second-order valence-electron chi connectivity index (χ2n) is 12.5. The van der Waals surface area contributed by atoms with Crippen molar-refractivity contribution in [3.63, 3.8) is 0 Å². The molecule has 9 aromatic rings. The summed E-state index contributed by atoms with van der Waals surface area (Å²) in [4.78, 5) is 15.2. The Kier molecular flexibility index (Phi) is 7.33. The highest BCUT2D eigenvalue weighted by molar-refractivity contribution is 6.15. The van der Waals surface area contributed by atoms with Gasteiger partial charge in [0.15, 0.2) is 17.5 Å². The highest BCUT2D eigenvalue weighted by atomic mass is 16.3. The third-order valence-electron chi connectivity index (χ3n) is 9.30. The Hall–Kier alpha value is -6.65. The second kappa shape index (κ2) is 12.4. The van der Waals surface area contributed by atoms with Crippen LogP contribution in [-0.2, 0) is 0 Å². The minimum Gasteiger partial charge on any atom is -0.455 e. The van der Waals surface area contributed by atoms with E-state index in [1.807, 2.05) is 54.6 Å². The number of benzene rings is 7. The normalized spacial score (nSPS) is 11.3. The summed E-state index contributed by atoms with van der Waals surface area (Å²) < 4.78 is 6.67. The molecule has 4 heteroatoms. The van der Waals surface area contributed by atoms with Crippen molar-refractivity contribution in [1.29, 1.82) is 0 Å². The molecule has 2 aromatic heterocycles. The number of hydrogen-bond donors (Lipinski definition) is 0. The molecule has 50 heavy (non-hydrogen) atoms. The minimum absolute atomic E-state index is 0.600. The van der Waals surface area contributed by atoms with Crippen LogP contribution in [0.1, 0.15) is 5.56 Å².